The second-order valence-corrected chi connectivity index (χ2v) is 7.81. The molecule has 2 N–H and O–H groups in total. The van der Waals surface area contributed by atoms with E-state index in [0.29, 0.717) is 12.1 Å². The number of nitrogens with two attached hydrogens (primary N) is 1. The highest BCUT2D eigenvalue weighted by Crippen LogP contribution is 2.27. The van der Waals surface area contributed by atoms with Crippen molar-refractivity contribution in [1.82, 2.24) is 4.31 Å². The van der Waals surface area contributed by atoms with Gasteiger partial charge in [-0.05, 0) is 30.2 Å². The van der Waals surface area contributed by atoms with E-state index in [-0.39, 0.29) is 21.9 Å². The maximum absolute atomic E-state index is 12.5. The molecular weight excluding hydrogens is 298 g/mol. The first kappa shape index (κ1) is 16.9. The Morgan fingerprint density at radius 3 is 2.50 bits per heavy atom. The van der Waals surface area contributed by atoms with Crippen molar-refractivity contribution in [2.75, 3.05) is 20.1 Å². The van der Waals surface area contributed by atoms with Gasteiger partial charge in [0.1, 0.15) is 4.90 Å². The van der Waals surface area contributed by atoms with Gasteiger partial charge in [0.2, 0.25) is 10.0 Å². The maximum atomic E-state index is 12.5. The largest absolute Gasteiger partial charge is 0.330 e. The summed E-state index contributed by atoms with van der Waals surface area (Å²) in [5, 5.41) is 8.81. The molecule has 1 aromatic carbocycles. The van der Waals surface area contributed by atoms with Gasteiger partial charge in [-0.1, -0.05) is 25.4 Å². The Balaban J connectivity index is 3.15. The quantitative estimate of drug-likeness (QED) is 0.897. The molecule has 0 radical (unpaired) electrons. The van der Waals surface area contributed by atoms with Crippen LogP contribution in [-0.2, 0) is 10.0 Å². The normalized spacial score (nSPS) is 12.4. The molecule has 0 amide bonds. The number of sulfonamides is 1. The number of nitriles is 1. The van der Waals surface area contributed by atoms with E-state index < -0.39 is 10.0 Å². The van der Waals surface area contributed by atoms with Gasteiger partial charge < -0.3 is 5.73 Å². The van der Waals surface area contributed by atoms with Gasteiger partial charge in [-0.15, -0.1) is 0 Å². The number of hydrogen-bond donors (Lipinski definition) is 1. The predicted molar refractivity (Wildman–Crippen MR) is 78.8 cm³/mol. The monoisotopic (exact) mass is 315 g/mol. The topological polar surface area (TPSA) is 87.2 Å². The molecule has 0 aromatic heterocycles. The zero-order valence-corrected chi connectivity index (χ0v) is 13.3. The highest BCUT2D eigenvalue weighted by Gasteiger charge is 2.28. The summed E-state index contributed by atoms with van der Waals surface area (Å²) < 4.78 is 26.2. The van der Waals surface area contributed by atoms with Crippen LogP contribution in [-0.4, -0.2) is 32.9 Å². The van der Waals surface area contributed by atoms with Gasteiger partial charge in [0, 0.05) is 13.6 Å². The third-order valence-corrected chi connectivity index (χ3v) is 5.24. The molecule has 0 bridgehead atoms. The summed E-state index contributed by atoms with van der Waals surface area (Å²) in [6.07, 6.45) is 0. The van der Waals surface area contributed by atoms with Gasteiger partial charge >= 0.3 is 0 Å². The average Bonchev–Trinajstić information content (AvgIpc) is 2.37. The fourth-order valence-corrected chi connectivity index (χ4v) is 3.57. The van der Waals surface area contributed by atoms with Crippen LogP contribution in [0, 0.1) is 16.7 Å². The lowest BCUT2D eigenvalue weighted by molar-refractivity contribution is 0.292. The zero-order valence-electron chi connectivity index (χ0n) is 11.7. The Kier molecular flexibility index (Phi) is 5.16. The predicted octanol–water partition coefficient (Wildman–Crippen LogP) is 1.82. The molecule has 20 heavy (non-hydrogen) atoms. The first-order chi connectivity index (χ1) is 9.14. The third kappa shape index (κ3) is 3.70. The Morgan fingerprint density at radius 2 is 2.05 bits per heavy atom. The van der Waals surface area contributed by atoms with E-state index in [1.165, 1.54) is 29.6 Å². The lowest BCUT2D eigenvalue weighted by atomic mass is 9.94. The van der Waals surface area contributed by atoms with Crippen LogP contribution in [0.5, 0.6) is 0 Å². The Morgan fingerprint density at radius 1 is 1.45 bits per heavy atom. The molecule has 110 valence electrons. The molecule has 0 aliphatic rings. The molecular formula is C13H18ClN3O2S. The standard InChI is InChI=1S/C13H18ClN3O2S/c1-13(2,8-16)9-17(3)20(18,19)12-5-4-10(7-15)6-11(12)14/h4-6H,8-9,16H2,1-3H3. The minimum Gasteiger partial charge on any atom is -0.330 e. The number of rotatable bonds is 5. The van der Waals surface area contributed by atoms with Gasteiger partial charge in [0.05, 0.1) is 16.7 Å². The second kappa shape index (κ2) is 6.10. The van der Waals surface area contributed by atoms with Gasteiger partial charge in [-0.3, -0.25) is 0 Å². The molecule has 0 atom stereocenters. The molecule has 7 heteroatoms. The SMILES string of the molecule is CN(CC(C)(C)CN)S(=O)(=O)c1ccc(C#N)cc1Cl. The molecule has 0 unspecified atom stereocenters. The molecule has 0 heterocycles. The minimum atomic E-state index is -3.70. The summed E-state index contributed by atoms with van der Waals surface area (Å²) in [6.45, 7) is 4.43. The van der Waals surface area contributed by atoms with Crippen molar-refractivity contribution in [3.63, 3.8) is 0 Å². The Labute approximate surface area is 125 Å². The second-order valence-electron chi connectivity index (χ2n) is 5.39. The van der Waals surface area contributed by atoms with E-state index >= 15 is 0 Å². The van der Waals surface area contributed by atoms with Crippen molar-refractivity contribution in [3.8, 4) is 6.07 Å². The first-order valence-electron chi connectivity index (χ1n) is 6.00. The Hall–Kier alpha value is -1.13. The van der Waals surface area contributed by atoms with Gasteiger partial charge in [-0.2, -0.15) is 5.26 Å². The lowest BCUT2D eigenvalue weighted by Gasteiger charge is -2.28. The highest BCUT2D eigenvalue weighted by atomic mass is 35.5. The molecule has 0 saturated carbocycles. The summed E-state index contributed by atoms with van der Waals surface area (Å²) in [5.74, 6) is 0. The fraction of sp³-hybridized carbons (Fsp3) is 0.462. The van der Waals surface area contributed by atoms with Crippen molar-refractivity contribution in [3.05, 3.63) is 28.8 Å². The van der Waals surface area contributed by atoms with Crippen LogP contribution < -0.4 is 5.73 Å². The van der Waals surface area contributed by atoms with Crippen LogP contribution in [0.1, 0.15) is 19.4 Å². The van der Waals surface area contributed by atoms with Crippen molar-refractivity contribution >= 4 is 21.6 Å². The van der Waals surface area contributed by atoms with Crippen molar-refractivity contribution in [1.29, 1.82) is 5.26 Å². The zero-order chi connectivity index (χ0) is 15.6. The molecule has 0 saturated heterocycles. The number of benzene rings is 1. The molecule has 5 nitrogen and oxygen atoms in total. The molecule has 0 aliphatic carbocycles. The molecule has 1 aromatic rings. The maximum Gasteiger partial charge on any atom is 0.244 e. The lowest BCUT2D eigenvalue weighted by Crippen LogP contribution is -2.39. The first-order valence-corrected chi connectivity index (χ1v) is 7.82. The molecule has 1 rings (SSSR count). The number of nitrogens with zero attached hydrogens (tertiary/aromatic N) is 2. The smallest absolute Gasteiger partial charge is 0.244 e. The van der Waals surface area contributed by atoms with Gasteiger partial charge in [0.25, 0.3) is 0 Å². The summed E-state index contributed by atoms with van der Waals surface area (Å²) in [5.41, 5.74) is 5.61. The molecule has 0 spiro atoms. The number of halogens is 1. The average molecular weight is 316 g/mol. The third-order valence-electron chi connectivity index (χ3n) is 2.95. The van der Waals surface area contributed by atoms with Gasteiger partial charge in [-0.25, -0.2) is 12.7 Å². The summed E-state index contributed by atoms with van der Waals surface area (Å²) in [4.78, 5) is -0.00603. The minimum absolute atomic E-state index is 0.00603. The Bertz CT molecular complexity index is 636. The van der Waals surface area contributed by atoms with Crippen molar-refractivity contribution < 1.29 is 8.42 Å². The van der Waals surface area contributed by atoms with Crippen LogP contribution in [0.2, 0.25) is 5.02 Å². The van der Waals surface area contributed by atoms with E-state index in [1.807, 2.05) is 19.9 Å². The molecule has 0 fully saturated rings. The van der Waals surface area contributed by atoms with Crippen LogP contribution in [0.15, 0.2) is 23.1 Å². The van der Waals surface area contributed by atoms with E-state index in [0.717, 1.165) is 0 Å². The van der Waals surface area contributed by atoms with Crippen LogP contribution >= 0.6 is 11.6 Å². The van der Waals surface area contributed by atoms with Crippen LogP contribution in [0.25, 0.3) is 0 Å². The summed E-state index contributed by atoms with van der Waals surface area (Å²) in [7, 11) is -2.21. The summed E-state index contributed by atoms with van der Waals surface area (Å²) >= 11 is 5.96. The van der Waals surface area contributed by atoms with Crippen LogP contribution in [0.4, 0.5) is 0 Å². The fourth-order valence-electron chi connectivity index (χ4n) is 1.70. The van der Waals surface area contributed by atoms with Crippen molar-refractivity contribution in [2.45, 2.75) is 18.7 Å². The molecule has 0 aliphatic heterocycles. The van der Waals surface area contributed by atoms with E-state index in [1.54, 1.807) is 0 Å². The van der Waals surface area contributed by atoms with Crippen LogP contribution in [0.3, 0.4) is 0 Å². The van der Waals surface area contributed by atoms with Crippen molar-refractivity contribution in [2.24, 2.45) is 11.1 Å². The van der Waals surface area contributed by atoms with E-state index in [9.17, 15) is 8.42 Å². The van der Waals surface area contributed by atoms with Gasteiger partial charge in [0.15, 0.2) is 0 Å². The number of hydrogen-bond acceptors (Lipinski definition) is 4. The highest BCUT2D eigenvalue weighted by molar-refractivity contribution is 7.89. The van der Waals surface area contributed by atoms with E-state index in [2.05, 4.69) is 0 Å². The summed E-state index contributed by atoms with van der Waals surface area (Å²) in [6, 6.07) is 6.04. The van der Waals surface area contributed by atoms with E-state index in [4.69, 9.17) is 22.6 Å².